The molecule has 0 aromatic carbocycles. The first-order valence-corrected chi connectivity index (χ1v) is 7.85. The molecule has 24 heteroatoms. The summed E-state index contributed by atoms with van der Waals surface area (Å²) in [6, 6.07) is 0. The second-order valence-electron chi connectivity index (χ2n) is 5.44. The summed E-state index contributed by atoms with van der Waals surface area (Å²) < 4.78 is 274. The Morgan fingerprint density at radius 2 is 0.636 bits per heavy atom. The fraction of sp³-hybridized carbons (Fsp3) is 1.00. The van der Waals surface area contributed by atoms with Crippen LogP contribution in [0.1, 0.15) is 0 Å². The third kappa shape index (κ3) is 4.24. The molecule has 0 amide bonds. The molecule has 200 valence electrons. The van der Waals surface area contributed by atoms with Crippen LogP contribution in [-0.4, -0.2) is 61.7 Å². The highest BCUT2D eigenvalue weighted by atomic mass is 32.2. The Hall–Kier alpha value is -1.49. The van der Waals surface area contributed by atoms with Crippen molar-refractivity contribution in [3.63, 3.8) is 0 Å². The maximum Gasteiger partial charge on any atom is 0.523 e. The third-order valence-corrected chi connectivity index (χ3v) is 4.19. The van der Waals surface area contributed by atoms with Crippen molar-refractivity contribution in [2.75, 3.05) is 0 Å². The quantitative estimate of drug-likeness (QED) is 0.211. The second kappa shape index (κ2) is 7.50. The van der Waals surface area contributed by atoms with Crippen molar-refractivity contribution in [2.45, 2.75) is 53.3 Å². The Labute approximate surface area is 165 Å². The number of hydrogen-bond acceptors (Lipinski definition) is 3. The molecule has 0 fully saturated rings. The molecule has 0 aliphatic heterocycles. The van der Waals surface area contributed by atoms with Gasteiger partial charge in [-0.05, 0) is 0 Å². The number of hydrogen-bond donors (Lipinski definition) is 0. The molecule has 0 aliphatic rings. The predicted molar refractivity (Wildman–Crippen MR) is 56.7 cm³/mol. The van der Waals surface area contributed by atoms with Gasteiger partial charge in [0.2, 0.25) is 0 Å². The van der Waals surface area contributed by atoms with E-state index in [4.69, 9.17) is 0 Å². The van der Waals surface area contributed by atoms with Crippen LogP contribution in [0.15, 0.2) is 0 Å². The van der Waals surface area contributed by atoms with Crippen LogP contribution in [0.25, 0.3) is 0 Å². The summed E-state index contributed by atoms with van der Waals surface area (Å²) >= 11 is 0. The van der Waals surface area contributed by atoms with E-state index in [2.05, 4.69) is 0 Å². The zero-order valence-corrected chi connectivity index (χ0v) is 14.5. The summed E-state index contributed by atoms with van der Waals surface area (Å²) in [7, 11) is -8.16. The van der Waals surface area contributed by atoms with Crippen LogP contribution in [-0.2, 0) is 14.3 Å². The standard InChI is InChI=1S/C9F20O3S/c10-1(11,3(14,15)5(18,19)7(22,23)24)2(12,13)4(16,17)6(20,21)8(25,26)32-33(30,31)9(27,28)29. The lowest BCUT2D eigenvalue weighted by Crippen LogP contribution is -2.74. The molecule has 0 saturated heterocycles. The normalized spacial score (nSPS) is 16.8. The molecule has 33 heavy (non-hydrogen) atoms. The van der Waals surface area contributed by atoms with Crippen molar-refractivity contribution in [2.24, 2.45) is 0 Å². The summed E-state index contributed by atoms with van der Waals surface area (Å²) in [5.74, 6) is -53.1. The molecule has 0 unspecified atom stereocenters. The van der Waals surface area contributed by atoms with E-state index in [0.717, 1.165) is 0 Å². The van der Waals surface area contributed by atoms with Gasteiger partial charge in [0.25, 0.3) is 0 Å². The Kier molecular flexibility index (Phi) is 7.16. The van der Waals surface area contributed by atoms with E-state index < -0.39 is 63.4 Å². The van der Waals surface area contributed by atoms with E-state index in [1.807, 2.05) is 0 Å². The first-order valence-electron chi connectivity index (χ1n) is 6.44. The fourth-order valence-electron chi connectivity index (χ4n) is 1.39. The summed E-state index contributed by atoms with van der Waals surface area (Å²) in [6.07, 6.45) is -16.2. The van der Waals surface area contributed by atoms with Gasteiger partial charge in [-0.1, -0.05) is 0 Å². The minimum Gasteiger partial charge on any atom is -0.192 e. The third-order valence-electron chi connectivity index (χ3n) is 3.19. The number of alkyl halides is 20. The molecule has 3 nitrogen and oxygen atoms in total. The largest absolute Gasteiger partial charge is 0.523 e. The van der Waals surface area contributed by atoms with E-state index >= 15 is 0 Å². The van der Waals surface area contributed by atoms with Gasteiger partial charge in [-0.2, -0.15) is 100 Å². The van der Waals surface area contributed by atoms with Gasteiger partial charge in [0.15, 0.2) is 0 Å². The zero-order valence-electron chi connectivity index (χ0n) is 13.7. The minimum atomic E-state index is -9.09. The van der Waals surface area contributed by atoms with Crippen LogP contribution in [0.4, 0.5) is 87.8 Å². The minimum absolute atomic E-state index is 1.25. The van der Waals surface area contributed by atoms with Crippen LogP contribution < -0.4 is 0 Å². The highest BCUT2D eigenvalue weighted by Crippen LogP contribution is 2.64. The fourth-order valence-corrected chi connectivity index (χ4v) is 1.86. The molecule has 0 saturated carbocycles. The Morgan fingerprint density at radius 1 is 0.394 bits per heavy atom. The van der Waals surface area contributed by atoms with E-state index in [-0.39, 0.29) is 0 Å². The topological polar surface area (TPSA) is 43.4 Å². The monoisotopic (exact) mass is 568 g/mol. The average molecular weight is 568 g/mol. The maximum atomic E-state index is 13.2. The maximum absolute atomic E-state index is 13.2. The van der Waals surface area contributed by atoms with Crippen LogP contribution in [0.2, 0.25) is 0 Å². The lowest BCUT2D eigenvalue weighted by molar-refractivity contribution is -0.471. The molecular formula is C9F20O3S. The molecule has 0 bridgehead atoms. The van der Waals surface area contributed by atoms with Gasteiger partial charge in [-0.15, -0.1) is 0 Å². The van der Waals surface area contributed by atoms with E-state index in [1.165, 1.54) is 4.18 Å². The van der Waals surface area contributed by atoms with E-state index in [9.17, 15) is 96.2 Å². The van der Waals surface area contributed by atoms with Crippen LogP contribution in [0, 0.1) is 0 Å². The lowest BCUT2D eigenvalue weighted by atomic mass is 9.91. The Bertz CT molecular complexity index is 832. The summed E-state index contributed by atoms with van der Waals surface area (Å²) in [4.78, 5) is 0. The SMILES string of the molecule is O=S(=O)(OC(F)(F)C(F)(F)C(F)(F)C(F)(F)C(F)(F)C(F)(F)C(F)(F)C(F)(F)F)C(F)(F)F. The van der Waals surface area contributed by atoms with E-state index in [0.29, 0.717) is 0 Å². The van der Waals surface area contributed by atoms with Crippen molar-refractivity contribution >= 4 is 10.1 Å². The molecule has 0 atom stereocenters. The molecule has 0 rings (SSSR count). The molecule has 0 radical (unpaired) electrons. The van der Waals surface area contributed by atoms with Crippen molar-refractivity contribution in [1.29, 1.82) is 0 Å². The van der Waals surface area contributed by atoms with Gasteiger partial charge in [0.05, 0.1) is 0 Å². The first-order chi connectivity index (χ1) is 13.7. The highest BCUT2D eigenvalue weighted by molar-refractivity contribution is 7.87. The Morgan fingerprint density at radius 3 is 0.879 bits per heavy atom. The molecule has 0 N–H and O–H groups in total. The van der Waals surface area contributed by atoms with Gasteiger partial charge in [0.1, 0.15) is 0 Å². The average Bonchev–Trinajstić information content (AvgIpc) is 2.50. The van der Waals surface area contributed by atoms with Gasteiger partial charge in [-0.3, -0.25) is 0 Å². The van der Waals surface area contributed by atoms with Crippen LogP contribution in [0.3, 0.4) is 0 Å². The molecule has 0 aromatic rings. The molecule has 0 heterocycles. The molecular weight excluding hydrogens is 568 g/mol. The van der Waals surface area contributed by atoms with Crippen molar-refractivity contribution in [1.82, 2.24) is 0 Å². The van der Waals surface area contributed by atoms with Gasteiger partial charge < -0.3 is 0 Å². The van der Waals surface area contributed by atoms with Gasteiger partial charge in [0, 0.05) is 0 Å². The molecule has 0 spiro atoms. The van der Waals surface area contributed by atoms with Crippen molar-refractivity contribution < 1.29 is 100 Å². The smallest absolute Gasteiger partial charge is 0.192 e. The van der Waals surface area contributed by atoms with Crippen LogP contribution in [0.5, 0.6) is 0 Å². The number of halogens is 20. The summed E-state index contributed by atoms with van der Waals surface area (Å²) in [6.45, 7) is 0. The highest BCUT2D eigenvalue weighted by Gasteiger charge is 2.95. The van der Waals surface area contributed by atoms with Gasteiger partial charge >= 0.3 is 63.4 Å². The van der Waals surface area contributed by atoms with E-state index in [1.54, 1.807) is 0 Å². The van der Waals surface area contributed by atoms with Gasteiger partial charge in [-0.25, -0.2) is 0 Å². The van der Waals surface area contributed by atoms with Crippen LogP contribution >= 0.6 is 0 Å². The molecule has 0 aliphatic carbocycles. The lowest BCUT2D eigenvalue weighted by Gasteiger charge is -2.42. The Balaban J connectivity index is 6.83. The van der Waals surface area contributed by atoms with Crippen molar-refractivity contribution in [3.05, 3.63) is 0 Å². The summed E-state index contributed by atoms with van der Waals surface area (Å²) in [5, 5.41) is 0. The van der Waals surface area contributed by atoms with Crippen molar-refractivity contribution in [3.8, 4) is 0 Å². The number of rotatable bonds is 8. The first kappa shape index (κ1) is 31.5. The zero-order chi connectivity index (χ0) is 27.7. The predicted octanol–water partition coefficient (Wildman–Crippen LogP) is 5.82. The summed E-state index contributed by atoms with van der Waals surface area (Å²) in [5.41, 5.74) is -7.21. The molecule has 0 aromatic heterocycles. The second-order valence-corrected chi connectivity index (χ2v) is 6.98.